The topological polar surface area (TPSA) is 91.4 Å². The van der Waals surface area contributed by atoms with E-state index >= 15 is 0 Å². The first-order chi connectivity index (χ1) is 17.1. The van der Waals surface area contributed by atoms with Gasteiger partial charge in [-0.1, -0.05) is 18.2 Å². The molecule has 0 aliphatic carbocycles. The van der Waals surface area contributed by atoms with Crippen LogP contribution in [0.25, 0.3) is 0 Å². The van der Waals surface area contributed by atoms with Crippen molar-refractivity contribution < 1.29 is 23.9 Å². The summed E-state index contributed by atoms with van der Waals surface area (Å²) >= 11 is 0. The molecule has 3 heterocycles. The second kappa shape index (κ2) is 10.2. The van der Waals surface area contributed by atoms with E-state index in [9.17, 15) is 14.4 Å². The Hall–Kier alpha value is -3.75. The summed E-state index contributed by atoms with van der Waals surface area (Å²) < 4.78 is 11.1. The first-order valence-corrected chi connectivity index (χ1v) is 12.1. The molecule has 3 aliphatic rings. The van der Waals surface area contributed by atoms with Crippen LogP contribution in [0.5, 0.6) is 11.5 Å². The summed E-state index contributed by atoms with van der Waals surface area (Å²) in [5.74, 6) is 0.567. The number of carbonyl (C=O) groups is 3. The fraction of sp³-hybridized carbons (Fsp3) is 0.423. The van der Waals surface area contributed by atoms with Gasteiger partial charge >= 0.3 is 0 Å². The van der Waals surface area contributed by atoms with Crippen LogP contribution < -0.4 is 24.6 Å². The van der Waals surface area contributed by atoms with Gasteiger partial charge in [-0.15, -0.1) is 0 Å². The number of fused-ring (bicyclic) bond motifs is 1. The smallest absolute Gasteiger partial charge is 0.227 e. The summed E-state index contributed by atoms with van der Waals surface area (Å²) in [6.45, 7) is 4.47. The van der Waals surface area contributed by atoms with Crippen LogP contribution in [0.4, 0.5) is 11.4 Å². The SMILES string of the molecule is O=C(NCCC(=O)N1CCN(c2ccccc2)CC1)C1CC(=O)N(c2ccc3c(c2)OCCO3)C1. The zero-order valence-corrected chi connectivity index (χ0v) is 19.7. The van der Waals surface area contributed by atoms with Gasteiger partial charge in [0, 0.05) is 69.6 Å². The molecule has 1 N–H and O–H groups in total. The molecule has 0 bridgehead atoms. The van der Waals surface area contributed by atoms with Crippen LogP contribution in [-0.4, -0.2) is 75.1 Å². The average Bonchev–Trinajstić information content (AvgIpc) is 3.30. The highest BCUT2D eigenvalue weighted by Gasteiger charge is 2.35. The van der Waals surface area contributed by atoms with Gasteiger partial charge in [-0.2, -0.15) is 0 Å². The average molecular weight is 479 g/mol. The van der Waals surface area contributed by atoms with Gasteiger partial charge in [-0.3, -0.25) is 14.4 Å². The number of anilines is 2. The molecule has 3 aliphatic heterocycles. The second-order valence-electron chi connectivity index (χ2n) is 8.98. The third kappa shape index (κ3) is 5.18. The Labute approximate surface area is 204 Å². The van der Waals surface area contributed by atoms with E-state index in [-0.39, 0.29) is 37.1 Å². The van der Waals surface area contributed by atoms with Crippen molar-refractivity contribution in [2.24, 2.45) is 5.92 Å². The third-order valence-corrected chi connectivity index (χ3v) is 6.73. The first kappa shape index (κ1) is 23.0. The van der Waals surface area contributed by atoms with Crippen molar-refractivity contribution in [2.75, 3.05) is 62.3 Å². The maximum Gasteiger partial charge on any atom is 0.227 e. The van der Waals surface area contributed by atoms with E-state index in [4.69, 9.17) is 9.47 Å². The predicted octanol–water partition coefficient (Wildman–Crippen LogP) is 1.67. The molecule has 9 nitrogen and oxygen atoms in total. The van der Waals surface area contributed by atoms with Crippen LogP contribution in [0.2, 0.25) is 0 Å². The predicted molar refractivity (Wildman–Crippen MR) is 131 cm³/mol. The molecule has 9 heteroatoms. The molecular weight excluding hydrogens is 448 g/mol. The molecule has 3 amide bonds. The Morgan fingerprint density at radius 3 is 2.43 bits per heavy atom. The van der Waals surface area contributed by atoms with Crippen LogP contribution in [0.15, 0.2) is 48.5 Å². The van der Waals surface area contributed by atoms with Crippen molar-refractivity contribution in [3.63, 3.8) is 0 Å². The first-order valence-electron chi connectivity index (χ1n) is 12.1. The quantitative estimate of drug-likeness (QED) is 0.679. The summed E-state index contributed by atoms with van der Waals surface area (Å²) in [4.78, 5) is 43.6. The largest absolute Gasteiger partial charge is 0.486 e. The van der Waals surface area contributed by atoms with Gasteiger partial charge in [-0.25, -0.2) is 0 Å². The fourth-order valence-corrected chi connectivity index (χ4v) is 4.78. The van der Waals surface area contributed by atoms with Crippen LogP contribution in [-0.2, 0) is 14.4 Å². The lowest BCUT2D eigenvalue weighted by atomic mass is 10.1. The van der Waals surface area contributed by atoms with Crippen LogP contribution >= 0.6 is 0 Å². The summed E-state index contributed by atoms with van der Waals surface area (Å²) in [5, 5.41) is 2.85. The van der Waals surface area contributed by atoms with E-state index < -0.39 is 5.92 Å². The molecule has 2 saturated heterocycles. The Bertz CT molecular complexity index is 1080. The normalized spacial score (nSPS) is 19.6. The third-order valence-electron chi connectivity index (χ3n) is 6.73. The van der Waals surface area contributed by atoms with Gasteiger partial charge in [-0.05, 0) is 24.3 Å². The summed E-state index contributed by atoms with van der Waals surface area (Å²) in [5.41, 5.74) is 1.86. The van der Waals surface area contributed by atoms with Crippen molar-refractivity contribution in [3.05, 3.63) is 48.5 Å². The zero-order chi connectivity index (χ0) is 24.2. The molecule has 35 heavy (non-hydrogen) atoms. The highest BCUT2D eigenvalue weighted by Crippen LogP contribution is 2.36. The number of hydrogen-bond acceptors (Lipinski definition) is 6. The second-order valence-corrected chi connectivity index (χ2v) is 8.98. The molecule has 0 saturated carbocycles. The van der Waals surface area contributed by atoms with E-state index in [2.05, 4.69) is 22.3 Å². The number of carbonyl (C=O) groups excluding carboxylic acids is 3. The molecule has 2 fully saturated rings. The molecular formula is C26H30N4O5. The van der Waals surface area contributed by atoms with Crippen molar-refractivity contribution in [3.8, 4) is 11.5 Å². The number of para-hydroxylation sites is 1. The lowest BCUT2D eigenvalue weighted by Crippen LogP contribution is -2.49. The van der Waals surface area contributed by atoms with Crippen LogP contribution in [0.3, 0.4) is 0 Å². The lowest BCUT2D eigenvalue weighted by molar-refractivity contribution is -0.131. The number of ether oxygens (including phenoxy) is 2. The van der Waals surface area contributed by atoms with Crippen LogP contribution in [0, 0.1) is 5.92 Å². The van der Waals surface area contributed by atoms with E-state index in [0.717, 1.165) is 13.1 Å². The Morgan fingerprint density at radius 2 is 1.66 bits per heavy atom. The van der Waals surface area contributed by atoms with E-state index in [0.29, 0.717) is 50.0 Å². The lowest BCUT2D eigenvalue weighted by Gasteiger charge is -2.36. The fourth-order valence-electron chi connectivity index (χ4n) is 4.78. The van der Waals surface area contributed by atoms with E-state index in [1.54, 1.807) is 17.0 Å². The Morgan fingerprint density at radius 1 is 0.914 bits per heavy atom. The minimum atomic E-state index is -0.444. The van der Waals surface area contributed by atoms with Gasteiger partial charge in [0.05, 0.1) is 5.92 Å². The monoisotopic (exact) mass is 478 g/mol. The molecule has 0 spiro atoms. The molecule has 1 atom stereocenters. The number of amides is 3. The van der Waals surface area contributed by atoms with Gasteiger partial charge in [0.1, 0.15) is 13.2 Å². The Kier molecular flexibility index (Phi) is 6.74. The van der Waals surface area contributed by atoms with Gasteiger partial charge in [0.2, 0.25) is 17.7 Å². The highest BCUT2D eigenvalue weighted by molar-refractivity contribution is 6.00. The van der Waals surface area contributed by atoms with Crippen molar-refractivity contribution >= 4 is 29.1 Å². The van der Waals surface area contributed by atoms with Gasteiger partial charge in [0.25, 0.3) is 0 Å². The van der Waals surface area contributed by atoms with E-state index in [1.165, 1.54) is 5.69 Å². The maximum atomic E-state index is 12.7. The summed E-state index contributed by atoms with van der Waals surface area (Å²) in [6.07, 6.45) is 0.402. The molecule has 1 unspecified atom stereocenters. The number of hydrogen-bond donors (Lipinski definition) is 1. The minimum absolute atomic E-state index is 0.0402. The molecule has 184 valence electrons. The van der Waals surface area contributed by atoms with Gasteiger partial charge < -0.3 is 29.5 Å². The number of piperazine rings is 1. The number of rotatable bonds is 6. The molecule has 0 aromatic heterocycles. The van der Waals surface area contributed by atoms with Crippen molar-refractivity contribution in [1.29, 1.82) is 0 Å². The number of benzene rings is 2. The zero-order valence-electron chi connectivity index (χ0n) is 19.7. The molecule has 0 radical (unpaired) electrons. The number of nitrogens with zero attached hydrogens (tertiary/aromatic N) is 3. The van der Waals surface area contributed by atoms with Crippen LogP contribution in [0.1, 0.15) is 12.8 Å². The summed E-state index contributed by atoms with van der Waals surface area (Å²) in [7, 11) is 0. The van der Waals surface area contributed by atoms with Crippen molar-refractivity contribution in [2.45, 2.75) is 12.8 Å². The standard InChI is InChI=1S/C26H30N4O5/c31-24(29-12-10-28(11-13-29)20-4-2-1-3-5-20)8-9-27-26(33)19-16-25(32)30(18-19)21-6-7-22-23(17-21)35-15-14-34-22/h1-7,17,19H,8-16,18H2,(H,27,33). The molecule has 2 aromatic rings. The minimum Gasteiger partial charge on any atom is -0.486 e. The van der Waals surface area contributed by atoms with Gasteiger partial charge in [0.15, 0.2) is 11.5 Å². The molecule has 2 aromatic carbocycles. The summed E-state index contributed by atoms with van der Waals surface area (Å²) in [6, 6.07) is 15.6. The molecule has 5 rings (SSSR count). The number of nitrogens with one attached hydrogen (secondary N) is 1. The Balaban J connectivity index is 1.06. The maximum absolute atomic E-state index is 12.7. The van der Waals surface area contributed by atoms with E-state index in [1.807, 2.05) is 29.2 Å². The van der Waals surface area contributed by atoms with Crippen molar-refractivity contribution in [1.82, 2.24) is 10.2 Å². The highest BCUT2D eigenvalue weighted by atomic mass is 16.6.